The Morgan fingerprint density at radius 3 is 2.44 bits per heavy atom. The predicted molar refractivity (Wildman–Crippen MR) is 69.5 cm³/mol. The molecule has 1 aromatic rings. The quantitative estimate of drug-likeness (QED) is 0.906. The Bertz CT molecular complexity index is 358. The van der Waals surface area contributed by atoms with Crippen LogP contribution in [0.5, 0.6) is 0 Å². The lowest BCUT2D eigenvalue weighted by Crippen LogP contribution is -2.39. The standard InChI is InChI=1S/C12H19BrN2O/c1-8(2)7-15(9(3)4)12(16)11-5-10(13)6-14-11/h5-6,8-9,14H,7H2,1-4H3. The third kappa shape index (κ3) is 3.37. The Labute approximate surface area is 105 Å². The van der Waals surface area contributed by atoms with Gasteiger partial charge in [0.2, 0.25) is 0 Å². The zero-order valence-electron chi connectivity index (χ0n) is 10.2. The average Bonchev–Trinajstić information content (AvgIpc) is 2.59. The van der Waals surface area contributed by atoms with Crippen LogP contribution in [0.15, 0.2) is 16.7 Å². The summed E-state index contributed by atoms with van der Waals surface area (Å²) in [7, 11) is 0. The number of aromatic nitrogens is 1. The maximum Gasteiger partial charge on any atom is 0.270 e. The van der Waals surface area contributed by atoms with Crippen molar-refractivity contribution in [2.24, 2.45) is 5.92 Å². The van der Waals surface area contributed by atoms with E-state index in [1.807, 2.05) is 24.8 Å². The molecule has 16 heavy (non-hydrogen) atoms. The molecule has 1 N–H and O–H groups in total. The van der Waals surface area contributed by atoms with Gasteiger partial charge in [0.15, 0.2) is 0 Å². The molecule has 0 bridgehead atoms. The van der Waals surface area contributed by atoms with E-state index in [0.29, 0.717) is 11.6 Å². The largest absolute Gasteiger partial charge is 0.356 e. The Kier molecular flexibility index (Phi) is 4.59. The maximum absolute atomic E-state index is 12.2. The highest BCUT2D eigenvalue weighted by Gasteiger charge is 2.20. The van der Waals surface area contributed by atoms with Crippen molar-refractivity contribution in [3.63, 3.8) is 0 Å². The Hall–Kier alpha value is -0.770. The van der Waals surface area contributed by atoms with Gasteiger partial charge in [-0.05, 0) is 41.8 Å². The summed E-state index contributed by atoms with van der Waals surface area (Å²) in [6.07, 6.45) is 1.78. The molecule has 0 aliphatic carbocycles. The summed E-state index contributed by atoms with van der Waals surface area (Å²) < 4.78 is 0.907. The molecule has 1 rings (SSSR count). The van der Waals surface area contributed by atoms with Crippen molar-refractivity contribution < 1.29 is 4.79 Å². The van der Waals surface area contributed by atoms with Gasteiger partial charge in [0, 0.05) is 23.3 Å². The van der Waals surface area contributed by atoms with E-state index >= 15 is 0 Å². The van der Waals surface area contributed by atoms with Crippen molar-refractivity contribution >= 4 is 21.8 Å². The minimum absolute atomic E-state index is 0.0643. The first-order valence-corrected chi connectivity index (χ1v) is 6.36. The van der Waals surface area contributed by atoms with E-state index in [9.17, 15) is 4.79 Å². The van der Waals surface area contributed by atoms with E-state index in [-0.39, 0.29) is 11.9 Å². The van der Waals surface area contributed by atoms with Crippen molar-refractivity contribution in [1.82, 2.24) is 9.88 Å². The Morgan fingerprint density at radius 2 is 2.06 bits per heavy atom. The SMILES string of the molecule is CC(C)CN(C(=O)c1cc(Br)c[nH]1)C(C)C. The number of hydrogen-bond acceptors (Lipinski definition) is 1. The van der Waals surface area contributed by atoms with Gasteiger partial charge in [-0.1, -0.05) is 13.8 Å². The van der Waals surface area contributed by atoms with Gasteiger partial charge in [-0.2, -0.15) is 0 Å². The lowest BCUT2D eigenvalue weighted by molar-refractivity contribution is 0.0676. The van der Waals surface area contributed by atoms with Gasteiger partial charge < -0.3 is 9.88 Å². The average molecular weight is 287 g/mol. The highest BCUT2D eigenvalue weighted by molar-refractivity contribution is 9.10. The van der Waals surface area contributed by atoms with Crippen LogP contribution in [0.4, 0.5) is 0 Å². The van der Waals surface area contributed by atoms with Crippen LogP contribution in [-0.4, -0.2) is 28.4 Å². The number of aromatic amines is 1. The maximum atomic E-state index is 12.2. The molecular formula is C12H19BrN2O. The summed E-state index contributed by atoms with van der Waals surface area (Å²) in [5.74, 6) is 0.541. The van der Waals surface area contributed by atoms with Gasteiger partial charge in [0.1, 0.15) is 5.69 Å². The second-order valence-corrected chi connectivity index (χ2v) is 5.59. The Morgan fingerprint density at radius 1 is 1.44 bits per heavy atom. The van der Waals surface area contributed by atoms with E-state index in [2.05, 4.69) is 34.8 Å². The molecule has 0 spiro atoms. The molecule has 0 radical (unpaired) electrons. The molecule has 0 aliphatic rings. The van der Waals surface area contributed by atoms with Gasteiger partial charge in [0.25, 0.3) is 5.91 Å². The molecule has 3 nitrogen and oxygen atoms in total. The molecule has 90 valence electrons. The van der Waals surface area contributed by atoms with Crippen molar-refractivity contribution in [2.75, 3.05) is 6.54 Å². The smallest absolute Gasteiger partial charge is 0.270 e. The van der Waals surface area contributed by atoms with Gasteiger partial charge >= 0.3 is 0 Å². The summed E-state index contributed by atoms with van der Waals surface area (Å²) in [5, 5.41) is 0. The third-order valence-corrected chi connectivity index (χ3v) is 2.78. The van der Waals surface area contributed by atoms with Crippen LogP contribution in [0, 0.1) is 5.92 Å². The number of rotatable bonds is 4. The molecule has 1 aromatic heterocycles. The number of hydrogen-bond donors (Lipinski definition) is 1. The zero-order chi connectivity index (χ0) is 12.3. The summed E-state index contributed by atoms with van der Waals surface area (Å²) in [4.78, 5) is 17.1. The van der Waals surface area contributed by atoms with Gasteiger partial charge in [0.05, 0.1) is 0 Å². The van der Waals surface area contributed by atoms with Crippen molar-refractivity contribution in [3.8, 4) is 0 Å². The fourth-order valence-corrected chi connectivity index (χ4v) is 1.91. The molecule has 0 saturated carbocycles. The van der Waals surface area contributed by atoms with Crippen LogP contribution in [0.1, 0.15) is 38.2 Å². The normalized spacial score (nSPS) is 11.2. The molecule has 0 fully saturated rings. The van der Waals surface area contributed by atoms with Crippen LogP contribution >= 0.6 is 15.9 Å². The number of carbonyl (C=O) groups excluding carboxylic acids is 1. The monoisotopic (exact) mass is 286 g/mol. The van der Waals surface area contributed by atoms with E-state index in [0.717, 1.165) is 11.0 Å². The summed E-state index contributed by atoms with van der Waals surface area (Å²) in [6, 6.07) is 2.04. The molecule has 0 saturated heterocycles. The number of nitrogens with zero attached hydrogens (tertiary/aromatic N) is 1. The molecule has 1 heterocycles. The minimum Gasteiger partial charge on any atom is -0.356 e. The van der Waals surface area contributed by atoms with Crippen LogP contribution in [0.2, 0.25) is 0 Å². The van der Waals surface area contributed by atoms with Gasteiger partial charge in [-0.3, -0.25) is 4.79 Å². The van der Waals surface area contributed by atoms with Crippen LogP contribution in [0.25, 0.3) is 0 Å². The van der Waals surface area contributed by atoms with E-state index in [4.69, 9.17) is 0 Å². The van der Waals surface area contributed by atoms with Gasteiger partial charge in [-0.15, -0.1) is 0 Å². The molecule has 0 atom stereocenters. The zero-order valence-corrected chi connectivity index (χ0v) is 11.8. The van der Waals surface area contributed by atoms with Crippen LogP contribution in [0.3, 0.4) is 0 Å². The fourth-order valence-electron chi connectivity index (χ4n) is 1.57. The molecule has 0 unspecified atom stereocenters. The van der Waals surface area contributed by atoms with E-state index in [1.165, 1.54) is 0 Å². The number of amides is 1. The molecule has 1 amide bonds. The van der Waals surface area contributed by atoms with E-state index < -0.39 is 0 Å². The topological polar surface area (TPSA) is 36.1 Å². The molecular weight excluding hydrogens is 268 g/mol. The highest BCUT2D eigenvalue weighted by Crippen LogP contribution is 2.15. The van der Waals surface area contributed by atoms with Crippen LogP contribution < -0.4 is 0 Å². The van der Waals surface area contributed by atoms with Crippen LogP contribution in [-0.2, 0) is 0 Å². The fraction of sp³-hybridized carbons (Fsp3) is 0.583. The second kappa shape index (κ2) is 5.53. The number of H-pyrrole nitrogens is 1. The first-order valence-electron chi connectivity index (χ1n) is 5.56. The minimum atomic E-state index is 0.0643. The number of carbonyl (C=O) groups is 1. The summed E-state index contributed by atoms with van der Waals surface area (Å²) in [6.45, 7) is 9.10. The summed E-state index contributed by atoms with van der Waals surface area (Å²) in [5.41, 5.74) is 0.640. The number of halogens is 1. The Balaban J connectivity index is 2.83. The molecule has 4 heteroatoms. The van der Waals surface area contributed by atoms with Crippen molar-refractivity contribution in [1.29, 1.82) is 0 Å². The highest BCUT2D eigenvalue weighted by atomic mass is 79.9. The van der Waals surface area contributed by atoms with Crippen molar-refractivity contribution in [2.45, 2.75) is 33.7 Å². The molecule has 0 aromatic carbocycles. The lowest BCUT2D eigenvalue weighted by Gasteiger charge is -2.28. The number of nitrogens with one attached hydrogen (secondary N) is 1. The van der Waals surface area contributed by atoms with Gasteiger partial charge in [-0.25, -0.2) is 0 Å². The molecule has 0 aliphatic heterocycles. The third-order valence-electron chi connectivity index (χ3n) is 2.32. The summed E-state index contributed by atoms with van der Waals surface area (Å²) >= 11 is 3.34. The van der Waals surface area contributed by atoms with E-state index in [1.54, 1.807) is 6.20 Å². The predicted octanol–water partition coefficient (Wildman–Crippen LogP) is 3.28. The first-order chi connectivity index (χ1) is 7.41. The first kappa shape index (κ1) is 13.3. The lowest BCUT2D eigenvalue weighted by atomic mass is 10.1. The van der Waals surface area contributed by atoms with Crippen molar-refractivity contribution in [3.05, 3.63) is 22.4 Å². The second-order valence-electron chi connectivity index (χ2n) is 4.68.